The summed E-state index contributed by atoms with van der Waals surface area (Å²) in [6.45, 7) is 2.63. The van der Waals surface area contributed by atoms with Gasteiger partial charge in [-0.25, -0.2) is 9.37 Å². The van der Waals surface area contributed by atoms with Gasteiger partial charge >= 0.3 is 0 Å². The second-order valence-corrected chi connectivity index (χ2v) is 8.82. The van der Waals surface area contributed by atoms with Crippen molar-refractivity contribution in [1.82, 2.24) is 9.55 Å². The minimum Gasteiger partial charge on any atom is -0.325 e. The van der Waals surface area contributed by atoms with E-state index in [4.69, 9.17) is 4.98 Å². The van der Waals surface area contributed by atoms with Gasteiger partial charge < -0.3 is 5.32 Å². The second-order valence-electron chi connectivity index (χ2n) is 6.82. The number of unbranched alkanes of at least 4 members (excludes halogenated alkanes) is 1. The molecule has 154 valence electrons. The van der Waals surface area contributed by atoms with Gasteiger partial charge in [-0.15, -0.1) is 11.3 Å². The van der Waals surface area contributed by atoms with Gasteiger partial charge in [-0.05, 0) is 36.8 Å². The van der Waals surface area contributed by atoms with Crippen LogP contribution in [-0.2, 0) is 11.3 Å². The van der Waals surface area contributed by atoms with Crippen LogP contribution in [0.15, 0.2) is 58.5 Å². The first-order chi connectivity index (χ1) is 14.6. The zero-order valence-corrected chi connectivity index (χ0v) is 18.0. The number of carbonyl (C=O) groups is 1. The highest BCUT2D eigenvalue weighted by molar-refractivity contribution is 7.99. The Morgan fingerprint density at radius 1 is 1.20 bits per heavy atom. The minimum atomic E-state index is -0.359. The molecule has 30 heavy (non-hydrogen) atoms. The summed E-state index contributed by atoms with van der Waals surface area (Å²) in [6.07, 6.45) is 1.80. The van der Waals surface area contributed by atoms with Crippen molar-refractivity contribution in [3.05, 3.63) is 64.7 Å². The molecule has 4 aromatic rings. The smallest absolute Gasteiger partial charge is 0.272 e. The number of nitrogens with zero attached hydrogens (tertiary/aromatic N) is 2. The van der Waals surface area contributed by atoms with E-state index in [0.717, 1.165) is 22.9 Å². The van der Waals surface area contributed by atoms with Gasteiger partial charge in [0.2, 0.25) is 5.91 Å². The molecule has 1 amide bonds. The summed E-state index contributed by atoms with van der Waals surface area (Å²) >= 11 is 2.70. The number of halogens is 1. The number of amides is 1. The molecule has 0 saturated carbocycles. The normalized spacial score (nSPS) is 11.3. The number of rotatable bonds is 7. The number of nitrogens with one attached hydrogen (secondary N) is 1. The molecule has 2 aromatic heterocycles. The number of hydrogen-bond acceptors (Lipinski definition) is 5. The van der Waals surface area contributed by atoms with Crippen LogP contribution < -0.4 is 10.9 Å². The average Bonchev–Trinajstić information content (AvgIpc) is 3.12. The highest BCUT2D eigenvalue weighted by Crippen LogP contribution is 2.31. The number of fused-ring (bicyclic) bond motifs is 3. The van der Waals surface area contributed by atoms with Gasteiger partial charge in [-0.1, -0.05) is 43.3 Å². The van der Waals surface area contributed by atoms with Crippen molar-refractivity contribution in [1.29, 1.82) is 0 Å². The fourth-order valence-electron chi connectivity index (χ4n) is 3.14. The van der Waals surface area contributed by atoms with Crippen molar-refractivity contribution in [2.75, 3.05) is 11.1 Å². The predicted octanol–water partition coefficient (Wildman–Crippen LogP) is 5.28. The zero-order valence-electron chi connectivity index (χ0n) is 16.4. The maximum atomic E-state index is 13.2. The first kappa shape index (κ1) is 20.6. The Kier molecular flexibility index (Phi) is 6.15. The summed E-state index contributed by atoms with van der Waals surface area (Å²) in [6, 6.07) is 13.4. The molecule has 0 aliphatic heterocycles. The highest BCUT2D eigenvalue weighted by Gasteiger charge is 2.17. The van der Waals surface area contributed by atoms with Gasteiger partial charge in [0.25, 0.3) is 5.56 Å². The van der Waals surface area contributed by atoms with E-state index in [9.17, 15) is 14.0 Å². The molecule has 0 aliphatic rings. The summed E-state index contributed by atoms with van der Waals surface area (Å²) in [7, 11) is 0. The summed E-state index contributed by atoms with van der Waals surface area (Å²) in [5, 5.41) is 4.23. The lowest BCUT2D eigenvalue weighted by molar-refractivity contribution is -0.113. The summed E-state index contributed by atoms with van der Waals surface area (Å²) in [4.78, 5) is 30.3. The van der Waals surface area contributed by atoms with Crippen molar-refractivity contribution >= 4 is 55.0 Å². The molecule has 5 nitrogen and oxygen atoms in total. The molecule has 0 aliphatic carbocycles. The lowest BCUT2D eigenvalue weighted by Crippen LogP contribution is -2.23. The molecule has 1 N–H and O–H groups in total. The molecule has 2 aromatic carbocycles. The largest absolute Gasteiger partial charge is 0.325 e. The van der Waals surface area contributed by atoms with Crippen LogP contribution in [0.3, 0.4) is 0 Å². The Morgan fingerprint density at radius 2 is 1.97 bits per heavy atom. The van der Waals surface area contributed by atoms with Crippen molar-refractivity contribution in [3.63, 3.8) is 0 Å². The van der Waals surface area contributed by atoms with Crippen LogP contribution in [0, 0.1) is 5.82 Å². The fourth-order valence-corrected chi connectivity index (χ4v) is 5.05. The first-order valence-corrected chi connectivity index (χ1v) is 11.5. The third kappa shape index (κ3) is 4.24. The molecular weight excluding hydrogens is 421 g/mol. The molecule has 0 unspecified atom stereocenters. The molecular formula is C22H20FN3O2S2. The third-order valence-corrected chi connectivity index (χ3v) is 6.77. The summed E-state index contributed by atoms with van der Waals surface area (Å²) in [5.41, 5.74) is 1.16. The molecule has 0 spiro atoms. The number of anilines is 1. The van der Waals surface area contributed by atoms with Crippen molar-refractivity contribution < 1.29 is 9.18 Å². The Hall–Kier alpha value is -2.71. The van der Waals surface area contributed by atoms with Crippen LogP contribution in [0.25, 0.3) is 20.3 Å². The van der Waals surface area contributed by atoms with Crippen molar-refractivity contribution in [3.8, 4) is 0 Å². The van der Waals surface area contributed by atoms with Crippen LogP contribution in [0.5, 0.6) is 0 Å². The van der Waals surface area contributed by atoms with Gasteiger partial charge in [-0.3, -0.25) is 14.2 Å². The molecule has 0 atom stereocenters. The van der Waals surface area contributed by atoms with Gasteiger partial charge in [0.15, 0.2) is 5.16 Å². The lowest BCUT2D eigenvalue weighted by atomic mass is 10.2. The Balaban J connectivity index is 1.64. The summed E-state index contributed by atoms with van der Waals surface area (Å²) in [5.74, 6) is -0.496. The quantitative estimate of drug-likeness (QED) is 0.313. The van der Waals surface area contributed by atoms with Gasteiger partial charge in [-0.2, -0.15) is 0 Å². The standard InChI is InChI=1S/C22H20FN3O2S2/c1-2-3-12-26-21(28)20-19(16-6-4-5-7-17(16)30-20)25-22(26)29-13-18(27)24-15-10-8-14(23)9-11-15/h4-11H,2-3,12-13H2,1H3,(H,24,27). The third-order valence-electron chi connectivity index (χ3n) is 4.64. The molecule has 0 saturated heterocycles. The number of hydrogen-bond donors (Lipinski definition) is 1. The van der Waals surface area contributed by atoms with Gasteiger partial charge in [0, 0.05) is 22.3 Å². The van der Waals surface area contributed by atoms with Gasteiger partial charge in [0.05, 0.1) is 11.3 Å². The van der Waals surface area contributed by atoms with E-state index in [-0.39, 0.29) is 23.0 Å². The topological polar surface area (TPSA) is 64.0 Å². The Morgan fingerprint density at radius 3 is 2.73 bits per heavy atom. The molecule has 0 fully saturated rings. The Labute approximate surface area is 180 Å². The number of aromatic nitrogens is 2. The van der Waals surface area contributed by atoms with E-state index >= 15 is 0 Å². The van der Waals surface area contributed by atoms with Crippen molar-refractivity contribution in [2.45, 2.75) is 31.5 Å². The van der Waals surface area contributed by atoms with Crippen molar-refractivity contribution in [2.24, 2.45) is 0 Å². The second kappa shape index (κ2) is 8.97. The summed E-state index contributed by atoms with van der Waals surface area (Å²) < 4.78 is 16.4. The van der Waals surface area contributed by atoms with Crippen LogP contribution in [0.1, 0.15) is 19.8 Å². The zero-order chi connectivity index (χ0) is 21.1. The number of thiophene rings is 1. The maximum absolute atomic E-state index is 13.2. The molecule has 4 rings (SSSR count). The number of carbonyl (C=O) groups excluding carboxylic acids is 1. The molecule has 0 bridgehead atoms. The number of benzene rings is 2. The van der Waals surface area contributed by atoms with Gasteiger partial charge in [0.1, 0.15) is 10.5 Å². The van der Waals surface area contributed by atoms with E-state index in [1.807, 2.05) is 24.3 Å². The minimum absolute atomic E-state index is 0.0592. The van der Waals surface area contributed by atoms with E-state index in [1.54, 1.807) is 4.57 Å². The van der Waals surface area contributed by atoms with E-state index in [0.29, 0.717) is 27.6 Å². The highest BCUT2D eigenvalue weighted by atomic mass is 32.2. The average molecular weight is 442 g/mol. The van der Waals surface area contributed by atoms with E-state index in [1.165, 1.54) is 47.4 Å². The Bertz CT molecular complexity index is 1270. The van der Waals surface area contributed by atoms with E-state index in [2.05, 4.69) is 12.2 Å². The van der Waals surface area contributed by atoms with Crippen LogP contribution in [-0.4, -0.2) is 21.2 Å². The molecule has 0 radical (unpaired) electrons. The van der Waals surface area contributed by atoms with Crippen LogP contribution >= 0.6 is 23.1 Å². The fraction of sp³-hybridized carbons (Fsp3) is 0.227. The molecule has 8 heteroatoms. The lowest BCUT2D eigenvalue weighted by Gasteiger charge is -2.11. The monoisotopic (exact) mass is 441 g/mol. The predicted molar refractivity (Wildman–Crippen MR) is 122 cm³/mol. The SMILES string of the molecule is CCCCn1c(SCC(=O)Nc2ccc(F)cc2)nc2c(sc3ccccc32)c1=O. The van der Waals surface area contributed by atoms with E-state index < -0.39 is 0 Å². The van der Waals surface area contributed by atoms with Crippen LogP contribution in [0.4, 0.5) is 10.1 Å². The molecule has 2 heterocycles. The number of thioether (sulfide) groups is 1. The maximum Gasteiger partial charge on any atom is 0.272 e. The van der Waals surface area contributed by atoms with Crippen LogP contribution in [0.2, 0.25) is 0 Å². The first-order valence-electron chi connectivity index (χ1n) is 9.67.